The molecule has 1 saturated carbocycles. The molecule has 1 aromatic rings. The molecule has 0 atom stereocenters. The fourth-order valence-electron chi connectivity index (χ4n) is 3.69. The van der Waals surface area contributed by atoms with Crippen molar-refractivity contribution >= 4 is 23.2 Å². The Hall–Kier alpha value is -1.22. The number of likely N-dealkylation sites (tertiary alicyclic amines) is 1. The molecule has 1 heterocycles. The molecule has 4 heteroatoms. The molecule has 1 aliphatic carbocycles. The number of amides is 1. The maximum atomic E-state index is 12.6. The summed E-state index contributed by atoms with van der Waals surface area (Å²) in [5.74, 6) is 0.0532. The lowest BCUT2D eigenvalue weighted by Crippen LogP contribution is -2.33. The van der Waals surface area contributed by atoms with E-state index in [4.69, 9.17) is 17.3 Å². The highest BCUT2D eigenvalue weighted by atomic mass is 35.5. The summed E-state index contributed by atoms with van der Waals surface area (Å²) in [6.07, 6.45) is 7.65. The first-order valence-electron chi connectivity index (χ1n) is 7.44. The third-order valence-corrected chi connectivity index (χ3v) is 5.18. The highest BCUT2D eigenvalue weighted by Gasteiger charge is 2.40. The van der Waals surface area contributed by atoms with Crippen molar-refractivity contribution in [1.29, 1.82) is 0 Å². The average Bonchev–Trinajstić information content (AvgIpc) is 2.83. The summed E-state index contributed by atoms with van der Waals surface area (Å²) in [7, 11) is 0. The van der Waals surface area contributed by atoms with Crippen molar-refractivity contribution in [2.75, 3.05) is 18.8 Å². The van der Waals surface area contributed by atoms with Crippen molar-refractivity contribution in [1.82, 2.24) is 4.90 Å². The number of rotatable bonds is 1. The van der Waals surface area contributed by atoms with E-state index < -0.39 is 0 Å². The maximum Gasteiger partial charge on any atom is 0.255 e. The number of halogens is 1. The monoisotopic (exact) mass is 292 g/mol. The normalized spacial score (nSPS) is 21.4. The molecular weight excluding hydrogens is 272 g/mol. The molecule has 2 fully saturated rings. The Morgan fingerprint density at radius 1 is 1.20 bits per heavy atom. The Morgan fingerprint density at radius 3 is 2.65 bits per heavy atom. The number of benzene rings is 1. The Balaban J connectivity index is 1.75. The zero-order chi connectivity index (χ0) is 14.2. The fraction of sp³-hybridized carbons (Fsp3) is 0.562. The molecule has 1 aliphatic heterocycles. The number of carbonyl (C=O) groups excluding carboxylic acids is 1. The molecule has 0 unspecified atom stereocenters. The van der Waals surface area contributed by atoms with E-state index in [1.165, 1.54) is 32.1 Å². The number of carbonyl (C=O) groups is 1. The van der Waals surface area contributed by atoms with E-state index in [2.05, 4.69) is 0 Å². The molecule has 2 N–H and O–H groups in total. The minimum Gasteiger partial charge on any atom is -0.399 e. The van der Waals surface area contributed by atoms with E-state index in [0.29, 0.717) is 21.7 Å². The van der Waals surface area contributed by atoms with E-state index in [1.807, 2.05) is 4.90 Å². The van der Waals surface area contributed by atoms with Gasteiger partial charge >= 0.3 is 0 Å². The molecular formula is C16H21ClN2O. The van der Waals surface area contributed by atoms with E-state index in [-0.39, 0.29) is 5.91 Å². The largest absolute Gasteiger partial charge is 0.399 e. The quantitative estimate of drug-likeness (QED) is 0.802. The number of nitrogen functional groups attached to an aromatic ring is 1. The third-order valence-electron chi connectivity index (χ3n) is 4.86. The summed E-state index contributed by atoms with van der Waals surface area (Å²) in [5.41, 5.74) is 7.24. The summed E-state index contributed by atoms with van der Waals surface area (Å²) in [6.45, 7) is 1.76. The van der Waals surface area contributed by atoms with Gasteiger partial charge in [0.05, 0.1) is 10.6 Å². The van der Waals surface area contributed by atoms with Crippen LogP contribution in [0.25, 0.3) is 0 Å². The molecule has 1 saturated heterocycles. The summed E-state index contributed by atoms with van der Waals surface area (Å²) in [5, 5.41) is 0.458. The number of anilines is 1. The fourth-order valence-corrected chi connectivity index (χ4v) is 3.96. The molecule has 108 valence electrons. The Labute approximate surface area is 125 Å². The molecule has 1 aromatic carbocycles. The van der Waals surface area contributed by atoms with Crippen LogP contribution in [0.3, 0.4) is 0 Å². The summed E-state index contributed by atoms with van der Waals surface area (Å²) in [6, 6.07) is 5.14. The Kier molecular flexibility index (Phi) is 3.63. The minimum atomic E-state index is 0.0532. The lowest BCUT2D eigenvalue weighted by atomic mass is 9.73. The van der Waals surface area contributed by atoms with Gasteiger partial charge in [-0.25, -0.2) is 0 Å². The van der Waals surface area contributed by atoms with Crippen LogP contribution >= 0.6 is 11.6 Å². The van der Waals surface area contributed by atoms with Crippen LogP contribution in [0.5, 0.6) is 0 Å². The van der Waals surface area contributed by atoms with Gasteiger partial charge in [-0.3, -0.25) is 4.79 Å². The van der Waals surface area contributed by atoms with Crippen LogP contribution in [0.1, 0.15) is 48.9 Å². The zero-order valence-corrected chi connectivity index (χ0v) is 12.5. The van der Waals surface area contributed by atoms with Crippen LogP contribution in [0.4, 0.5) is 5.69 Å². The van der Waals surface area contributed by atoms with Crippen LogP contribution in [0, 0.1) is 5.41 Å². The van der Waals surface area contributed by atoms with Gasteiger partial charge in [0.25, 0.3) is 5.91 Å². The van der Waals surface area contributed by atoms with Gasteiger partial charge in [-0.15, -0.1) is 0 Å². The lowest BCUT2D eigenvalue weighted by Gasteiger charge is -2.33. The van der Waals surface area contributed by atoms with Crippen molar-refractivity contribution in [3.05, 3.63) is 28.8 Å². The number of nitrogens with zero attached hydrogens (tertiary/aromatic N) is 1. The minimum absolute atomic E-state index is 0.0532. The predicted molar refractivity (Wildman–Crippen MR) is 81.9 cm³/mol. The molecule has 3 nitrogen and oxygen atoms in total. The second-order valence-corrected chi connectivity index (χ2v) is 6.68. The van der Waals surface area contributed by atoms with Gasteiger partial charge in [-0.05, 0) is 42.9 Å². The molecule has 0 bridgehead atoms. The van der Waals surface area contributed by atoms with Gasteiger partial charge in [0.15, 0.2) is 0 Å². The van der Waals surface area contributed by atoms with Crippen LogP contribution in [-0.4, -0.2) is 23.9 Å². The van der Waals surface area contributed by atoms with Crippen molar-refractivity contribution < 1.29 is 4.79 Å². The first-order chi connectivity index (χ1) is 9.60. The highest BCUT2D eigenvalue weighted by molar-refractivity contribution is 6.34. The second-order valence-electron chi connectivity index (χ2n) is 6.28. The number of hydrogen-bond acceptors (Lipinski definition) is 2. The molecule has 1 spiro atoms. The van der Waals surface area contributed by atoms with Gasteiger partial charge in [-0.1, -0.05) is 30.9 Å². The van der Waals surface area contributed by atoms with Crippen molar-refractivity contribution in [2.24, 2.45) is 5.41 Å². The predicted octanol–water partition coefficient (Wildman–Crippen LogP) is 3.72. The molecule has 20 heavy (non-hydrogen) atoms. The SMILES string of the molecule is Nc1ccc(C(=O)N2CCC3(CCCCC3)C2)c(Cl)c1. The highest BCUT2D eigenvalue weighted by Crippen LogP contribution is 2.44. The van der Waals surface area contributed by atoms with E-state index in [9.17, 15) is 4.79 Å². The summed E-state index contributed by atoms with van der Waals surface area (Å²) >= 11 is 6.15. The van der Waals surface area contributed by atoms with Gasteiger partial charge in [0.2, 0.25) is 0 Å². The number of hydrogen-bond donors (Lipinski definition) is 1. The van der Waals surface area contributed by atoms with Crippen molar-refractivity contribution in [2.45, 2.75) is 38.5 Å². The molecule has 1 amide bonds. The van der Waals surface area contributed by atoms with E-state index >= 15 is 0 Å². The maximum absolute atomic E-state index is 12.6. The van der Waals surface area contributed by atoms with Gasteiger partial charge in [0, 0.05) is 18.8 Å². The standard InChI is InChI=1S/C16H21ClN2O/c17-14-10-12(18)4-5-13(14)15(20)19-9-8-16(11-19)6-2-1-3-7-16/h4-5,10H,1-3,6-9,11,18H2. The zero-order valence-electron chi connectivity index (χ0n) is 11.7. The molecule has 3 rings (SSSR count). The Morgan fingerprint density at radius 2 is 1.95 bits per heavy atom. The summed E-state index contributed by atoms with van der Waals surface area (Å²) < 4.78 is 0. The smallest absolute Gasteiger partial charge is 0.255 e. The molecule has 0 aromatic heterocycles. The van der Waals surface area contributed by atoms with E-state index in [1.54, 1.807) is 18.2 Å². The molecule has 2 aliphatic rings. The van der Waals surface area contributed by atoms with Gasteiger partial charge in [0.1, 0.15) is 0 Å². The van der Waals surface area contributed by atoms with E-state index in [0.717, 1.165) is 19.5 Å². The molecule has 0 radical (unpaired) electrons. The first-order valence-corrected chi connectivity index (χ1v) is 7.82. The Bertz CT molecular complexity index is 523. The first kappa shape index (κ1) is 13.7. The van der Waals surface area contributed by atoms with Crippen LogP contribution in [0.2, 0.25) is 5.02 Å². The van der Waals surface area contributed by atoms with Crippen molar-refractivity contribution in [3.8, 4) is 0 Å². The second kappa shape index (κ2) is 5.28. The summed E-state index contributed by atoms with van der Waals surface area (Å²) in [4.78, 5) is 14.6. The van der Waals surface area contributed by atoms with Crippen LogP contribution in [-0.2, 0) is 0 Å². The third kappa shape index (κ3) is 2.51. The topological polar surface area (TPSA) is 46.3 Å². The lowest BCUT2D eigenvalue weighted by molar-refractivity contribution is 0.0759. The van der Waals surface area contributed by atoms with Gasteiger partial charge in [-0.2, -0.15) is 0 Å². The number of nitrogens with two attached hydrogens (primary N) is 1. The average molecular weight is 293 g/mol. The van der Waals surface area contributed by atoms with Crippen LogP contribution < -0.4 is 5.73 Å². The van der Waals surface area contributed by atoms with Crippen LogP contribution in [0.15, 0.2) is 18.2 Å². The van der Waals surface area contributed by atoms with Crippen molar-refractivity contribution in [3.63, 3.8) is 0 Å². The van der Waals surface area contributed by atoms with Gasteiger partial charge < -0.3 is 10.6 Å².